The number of hydrogen-bond acceptors (Lipinski definition) is 1. The Morgan fingerprint density at radius 1 is 1.29 bits per heavy atom. The first-order valence-corrected chi connectivity index (χ1v) is 11.0. The molecule has 0 bridgehead atoms. The molecular weight excluding hydrogens is 204 g/mol. The SMILES string of the molecule is CC(C)=C[SiH2]CC[Si](C)(C)CCCO. The third-order valence-electron chi connectivity index (χ3n) is 2.62. The molecule has 0 aliphatic carbocycles. The van der Waals surface area contributed by atoms with Crippen molar-refractivity contribution in [3.63, 3.8) is 0 Å². The van der Waals surface area contributed by atoms with Crippen molar-refractivity contribution in [2.75, 3.05) is 6.61 Å². The summed E-state index contributed by atoms with van der Waals surface area (Å²) in [5.41, 5.74) is 3.96. The summed E-state index contributed by atoms with van der Waals surface area (Å²) < 4.78 is 0. The van der Waals surface area contributed by atoms with Crippen LogP contribution in [0.25, 0.3) is 0 Å². The van der Waals surface area contributed by atoms with Gasteiger partial charge in [0.15, 0.2) is 0 Å². The van der Waals surface area contributed by atoms with E-state index >= 15 is 0 Å². The van der Waals surface area contributed by atoms with E-state index in [0.717, 1.165) is 6.42 Å². The van der Waals surface area contributed by atoms with Crippen LogP contribution in [-0.4, -0.2) is 29.3 Å². The van der Waals surface area contributed by atoms with E-state index in [1.807, 2.05) is 0 Å². The van der Waals surface area contributed by atoms with Crippen LogP contribution in [0.3, 0.4) is 0 Å². The zero-order valence-electron chi connectivity index (χ0n) is 10.3. The quantitative estimate of drug-likeness (QED) is 0.526. The summed E-state index contributed by atoms with van der Waals surface area (Å²) in [5.74, 6) is 0. The van der Waals surface area contributed by atoms with E-state index in [1.54, 1.807) is 0 Å². The Morgan fingerprint density at radius 3 is 2.43 bits per heavy atom. The second-order valence-corrected chi connectivity index (χ2v) is 12.2. The van der Waals surface area contributed by atoms with Crippen LogP contribution in [0.5, 0.6) is 0 Å². The number of rotatable bonds is 7. The van der Waals surface area contributed by atoms with Crippen molar-refractivity contribution >= 4 is 17.6 Å². The van der Waals surface area contributed by atoms with Gasteiger partial charge >= 0.3 is 0 Å². The van der Waals surface area contributed by atoms with Gasteiger partial charge in [-0.3, -0.25) is 0 Å². The zero-order chi connectivity index (χ0) is 11.0. The molecule has 1 nitrogen and oxygen atoms in total. The first-order chi connectivity index (χ1) is 6.48. The summed E-state index contributed by atoms with van der Waals surface area (Å²) in [4.78, 5) is 0. The maximum atomic E-state index is 8.80. The molecule has 0 atom stereocenters. The highest BCUT2D eigenvalue weighted by molar-refractivity contribution is 6.78. The van der Waals surface area contributed by atoms with Crippen LogP contribution in [-0.2, 0) is 0 Å². The first-order valence-electron chi connectivity index (χ1n) is 5.72. The zero-order valence-corrected chi connectivity index (χ0v) is 12.7. The highest BCUT2D eigenvalue weighted by atomic mass is 28.3. The first kappa shape index (κ1) is 14.1. The molecule has 14 heavy (non-hydrogen) atoms. The number of aliphatic hydroxyl groups excluding tert-OH is 1. The predicted molar refractivity (Wildman–Crippen MR) is 71.6 cm³/mol. The predicted octanol–water partition coefficient (Wildman–Crippen LogP) is 2.59. The van der Waals surface area contributed by atoms with Gasteiger partial charge in [-0.15, -0.1) is 5.70 Å². The van der Waals surface area contributed by atoms with Crippen LogP contribution >= 0.6 is 0 Å². The van der Waals surface area contributed by atoms with Gasteiger partial charge < -0.3 is 5.11 Å². The van der Waals surface area contributed by atoms with E-state index in [9.17, 15) is 0 Å². The van der Waals surface area contributed by atoms with Gasteiger partial charge in [0.05, 0.1) is 0 Å². The molecule has 0 aromatic rings. The van der Waals surface area contributed by atoms with E-state index in [4.69, 9.17) is 5.11 Å². The molecule has 0 aromatic carbocycles. The van der Waals surface area contributed by atoms with Crippen LogP contribution in [0.4, 0.5) is 0 Å². The lowest BCUT2D eigenvalue weighted by Gasteiger charge is -2.21. The number of allylic oxidation sites excluding steroid dienone is 1. The third-order valence-corrected chi connectivity index (χ3v) is 8.61. The van der Waals surface area contributed by atoms with Crippen LogP contribution in [0.15, 0.2) is 11.3 Å². The van der Waals surface area contributed by atoms with Gasteiger partial charge in [0, 0.05) is 24.2 Å². The molecule has 84 valence electrons. The standard InChI is InChI=1S/C11H26OSi2/c1-11(2)10-13-7-9-14(3,4)8-5-6-12/h10,12H,5-9,13H2,1-4H3. The molecule has 0 spiro atoms. The molecule has 0 fully saturated rings. The Balaban J connectivity index is 3.59. The minimum Gasteiger partial charge on any atom is -0.396 e. The maximum absolute atomic E-state index is 8.80. The summed E-state index contributed by atoms with van der Waals surface area (Å²) in [6.45, 7) is 9.68. The van der Waals surface area contributed by atoms with E-state index in [2.05, 4.69) is 32.6 Å². The minimum absolute atomic E-state index is 0.0709. The smallest absolute Gasteiger partial charge is 0.0471 e. The lowest BCUT2D eigenvalue weighted by molar-refractivity contribution is 0.294. The van der Waals surface area contributed by atoms with Gasteiger partial charge in [0.2, 0.25) is 0 Å². The van der Waals surface area contributed by atoms with Crippen molar-refractivity contribution in [3.8, 4) is 0 Å². The molecule has 1 N–H and O–H groups in total. The monoisotopic (exact) mass is 230 g/mol. The van der Waals surface area contributed by atoms with Gasteiger partial charge in [0.25, 0.3) is 0 Å². The van der Waals surface area contributed by atoms with Gasteiger partial charge in [0.1, 0.15) is 0 Å². The fourth-order valence-electron chi connectivity index (χ4n) is 1.65. The number of aliphatic hydroxyl groups is 1. The summed E-state index contributed by atoms with van der Waals surface area (Å²) in [6, 6.07) is 4.23. The average molecular weight is 230 g/mol. The number of hydrogen-bond donors (Lipinski definition) is 1. The van der Waals surface area contributed by atoms with E-state index < -0.39 is 8.07 Å². The lowest BCUT2D eigenvalue weighted by Crippen LogP contribution is -2.25. The fraction of sp³-hybridized carbons (Fsp3) is 0.818. The molecule has 0 heterocycles. The van der Waals surface area contributed by atoms with Gasteiger partial charge in [-0.25, -0.2) is 0 Å². The van der Waals surface area contributed by atoms with Crippen molar-refractivity contribution in [1.82, 2.24) is 0 Å². The Morgan fingerprint density at radius 2 is 1.93 bits per heavy atom. The van der Waals surface area contributed by atoms with Gasteiger partial charge in [-0.2, -0.15) is 0 Å². The fourth-order valence-corrected chi connectivity index (χ4v) is 8.45. The van der Waals surface area contributed by atoms with Crippen LogP contribution in [0.1, 0.15) is 20.3 Å². The summed E-state index contributed by atoms with van der Waals surface area (Å²) >= 11 is 0. The molecule has 0 saturated heterocycles. The molecule has 3 heteroatoms. The summed E-state index contributed by atoms with van der Waals surface area (Å²) in [6.07, 6.45) is 1.02. The minimum atomic E-state index is -0.951. The Hall–Kier alpha value is 0.134. The maximum Gasteiger partial charge on any atom is 0.0471 e. The molecule has 0 amide bonds. The van der Waals surface area contributed by atoms with Gasteiger partial charge in [-0.1, -0.05) is 36.8 Å². The molecule has 0 aliphatic rings. The van der Waals surface area contributed by atoms with Crippen molar-refractivity contribution in [3.05, 3.63) is 11.3 Å². The molecule has 0 radical (unpaired) electrons. The molecular formula is C11H26OSi2. The molecule has 0 saturated carbocycles. The van der Waals surface area contributed by atoms with Crippen molar-refractivity contribution in [2.45, 2.75) is 51.5 Å². The second-order valence-electron chi connectivity index (χ2n) is 5.17. The molecule has 0 unspecified atom stereocenters. The molecule has 0 rings (SSSR count). The summed E-state index contributed by atoms with van der Waals surface area (Å²) in [7, 11) is -0.880. The largest absolute Gasteiger partial charge is 0.396 e. The Bertz CT molecular complexity index is 172. The van der Waals surface area contributed by atoms with E-state index in [1.165, 1.54) is 23.7 Å². The normalized spacial score (nSPS) is 12.4. The highest BCUT2D eigenvalue weighted by Crippen LogP contribution is 2.19. The van der Waals surface area contributed by atoms with Crippen molar-refractivity contribution < 1.29 is 5.11 Å². The topological polar surface area (TPSA) is 20.2 Å². The summed E-state index contributed by atoms with van der Waals surface area (Å²) in [5, 5.41) is 8.80. The van der Waals surface area contributed by atoms with Crippen molar-refractivity contribution in [2.24, 2.45) is 0 Å². The highest BCUT2D eigenvalue weighted by Gasteiger charge is 2.18. The molecule has 0 aliphatic heterocycles. The Labute approximate surface area is 92.4 Å². The lowest BCUT2D eigenvalue weighted by atomic mass is 10.4. The third kappa shape index (κ3) is 8.72. The van der Waals surface area contributed by atoms with E-state index in [-0.39, 0.29) is 9.52 Å². The second kappa shape index (κ2) is 7.43. The van der Waals surface area contributed by atoms with E-state index in [0.29, 0.717) is 6.61 Å². The average Bonchev–Trinajstić information content (AvgIpc) is 2.09. The van der Waals surface area contributed by atoms with Crippen LogP contribution in [0, 0.1) is 0 Å². The van der Waals surface area contributed by atoms with Crippen LogP contribution < -0.4 is 0 Å². The Kier molecular flexibility index (Phi) is 7.50. The van der Waals surface area contributed by atoms with Crippen molar-refractivity contribution in [1.29, 1.82) is 0 Å². The molecule has 0 aromatic heterocycles. The van der Waals surface area contributed by atoms with Gasteiger partial charge in [-0.05, 0) is 20.3 Å². The van der Waals surface area contributed by atoms with Crippen LogP contribution in [0.2, 0.25) is 31.2 Å².